The van der Waals surface area contributed by atoms with Crippen molar-refractivity contribution in [1.29, 1.82) is 0 Å². The van der Waals surface area contributed by atoms with Crippen molar-refractivity contribution in [2.24, 2.45) is 5.92 Å². The van der Waals surface area contributed by atoms with Crippen molar-refractivity contribution >= 4 is 5.97 Å². The number of piperidine rings is 1. The van der Waals surface area contributed by atoms with Crippen LogP contribution in [0.1, 0.15) is 31.4 Å². The molecule has 4 nitrogen and oxygen atoms in total. The summed E-state index contributed by atoms with van der Waals surface area (Å²) in [6, 6.07) is 2.31. The lowest BCUT2D eigenvalue weighted by atomic mass is 9.92. The molecule has 0 bridgehead atoms. The third kappa shape index (κ3) is 3.77. The molecule has 0 amide bonds. The zero-order chi connectivity index (χ0) is 15.6. The van der Waals surface area contributed by atoms with Crippen molar-refractivity contribution in [3.8, 4) is 0 Å². The summed E-state index contributed by atoms with van der Waals surface area (Å²) >= 11 is 0. The Morgan fingerprint density at radius 3 is 2.81 bits per heavy atom. The normalized spacial score (nSPS) is 24.8. The molecule has 1 aromatic rings. The number of hydrogen-bond acceptors (Lipinski definition) is 3. The lowest BCUT2D eigenvalue weighted by Crippen LogP contribution is -2.48. The molecule has 1 heterocycles. The Morgan fingerprint density at radius 2 is 2.19 bits per heavy atom. The van der Waals surface area contributed by atoms with Gasteiger partial charge in [-0.25, -0.2) is 8.78 Å². The summed E-state index contributed by atoms with van der Waals surface area (Å²) in [5.74, 6) is -2.16. The highest BCUT2D eigenvalue weighted by molar-refractivity contribution is 5.73. The molecule has 0 saturated carbocycles. The number of nitrogens with zero attached hydrogens (tertiary/aromatic N) is 1. The smallest absolute Gasteiger partial charge is 0.320 e. The first kappa shape index (κ1) is 15.9. The average Bonchev–Trinajstić information content (AvgIpc) is 2.40. The zero-order valence-electron chi connectivity index (χ0n) is 11.8. The van der Waals surface area contributed by atoms with E-state index in [4.69, 9.17) is 0 Å². The first-order valence-electron chi connectivity index (χ1n) is 6.98. The minimum atomic E-state index is -1.18. The highest BCUT2D eigenvalue weighted by Gasteiger charge is 2.33. The Bertz CT molecular complexity index is 524. The predicted octanol–water partition coefficient (Wildman–Crippen LogP) is 2.18. The maximum atomic E-state index is 13.6. The quantitative estimate of drug-likeness (QED) is 0.894. The molecule has 3 unspecified atom stereocenters. The molecule has 1 aliphatic rings. The summed E-state index contributed by atoms with van der Waals surface area (Å²) in [5, 5.41) is 19.4. The van der Waals surface area contributed by atoms with E-state index in [0.29, 0.717) is 24.9 Å². The molecule has 1 saturated heterocycles. The van der Waals surface area contributed by atoms with E-state index in [1.54, 1.807) is 4.90 Å². The minimum absolute atomic E-state index is 0.0147. The predicted molar refractivity (Wildman–Crippen MR) is 72.7 cm³/mol. The van der Waals surface area contributed by atoms with Gasteiger partial charge in [-0.2, -0.15) is 0 Å². The largest absolute Gasteiger partial charge is 0.480 e. The van der Waals surface area contributed by atoms with E-state index in [-0.39, 0.29) is 12.1 Å². The zero-order valence-corrected chi connectivity index (χ0v) is 11.8. The van der Waals surface area contributed by atoms with Crippen molar-refractivity contribution in [1.82, 2.24) is 4.90 Å². The van der Waals surface area contributed by atoms with Crippen molar-refractivity contribution in [2.75, 3.05) is 13.1 Å². The molecule has 0 spiro atoms. The molecule has 1 aliphatic heterocycles. The first-order chi connectivity index (χ1) is 9.88. The Labute approximate surface area is 122 Å². The van der Waals surface area contributed by atoms with Gasteiger partial charge >= 0.3 is 5.97 Å². The molecule has 1 fully saturated rings. The molecule has 6 heteroatoms. The fourth-order valence-corrected chi connectivity index (χ4v) is 2.76. The standard InChI is InChI=1S/C15H19F2NO3/c1-9-4-5-18(13(6-9)15(20)21)8-14(19)11-3-2-10(16)7-12(11)17/h2-3,7,9,13-14,19H,4-6,8H2,1H3,(H,20,21). The first-order valence-corrected chi connectivity index (χ1v) is 6.98. The van der Waals surface area contributed by atoms with Crippen molar-refractivity contribution in [3.05, 3.63) is 35.4 Å². The maximum absolute atomic E-state index is 13.6. The third-order valence-electron chi connectivity index (χ3n) is 3.99. The van der Waals surface area contributed by atoms with Gasteiger partial charge in [-0.1, -0.05) is 13.0 Å². The van der Waals surface area contributed by atoms with Crippen LogP contribution in [0.3, 0.4) is 0 Å². The number of hydrogen-bond donors (Lipinski definition) is 2. The van der Waals surface area contributed by atoms with Gasteiger partial charge in [0.25, 0.3) is 0 Å². The lowest BCUT2D eigenvalue weighted by molar-refractivity contribution is -0.146. The van der Waals surface area contributed by atoms with E-state index in [9.17, 15) is 23.8 Å². The van der Waals surface area contributed by atoms with Gasteiger partial charge in [0.15, 0.2) is 0 Å². The van der Waals surface area contributed by atoms with Crippen LogP contribution >= 0.6 is 0 Å². The maximum Gasteiger partial charge on any atom is 0.320 e. The summed E-state index contributed by atoms with van der Waals surface area (Å²) in [4.78, 5) is 12.9. The van der Waals surface area contributed by atoms with E-state index in [1.807, 2.05) is 6.92 Å². The summed E-state index contributed by atoms with van der Waals surface area (Å²) in [5.41, 5.74) is -0.0147. The van der Waals surface area contributed by atoms with Gasteiger partial charge in [-0.3, -0.25) is 9.69 Å². The number of carboxylic acid groups (broad SMARTS) is 1. The number of halogens is 2. The molecular formula is C15H19F2NO3. The number of carboxylic acids is 1. The summed E-state index contributed by atoms with van der Waals surface area (Å²) < 4.78 is 26.5. The SMILES string of the molecule is CC1CCN(CC(O)c2ccc(F)cc2F)C(C(=O)O)C1. The molecule has 21 heavy (non-hydrogen) atoms. The summed E-state index contributed by atoms with van der Waals surface area (Å²) in [6.45, 7) is 2.55. The van der Waals surface area contributed by atoms with Crippen LogP contribution in [0.4, 0.5) is 8.78 Å². The van der Waals surface area contributed by atoms with E-state index in [2.05, 4.69) is 0 Å². The number of benzene rings is 1. The Kier molecular flexibility index (Phi) is 4.90. The minimum Gasteiger partial charge on any atom is -0.480 e. The molecule has 2 N–H and O–H groups in total. The number of rotatable bonds is 4. The van der Waals surface area contributed by atoms with E-state index in [1.165, 1.54) is 6.07 Å². The van der Waals surface area contributed by atoms with Crippen LogP contribution in [0.15, 0.2) is 18.2 Å². The monoisotopic (exact) mass is 299 g/mol. The number of carbonyl (C=O) groups is 1. The van der Waals surface area contributed by atoms with Gasteiger partial charge in [-0.15, -0.1) is 0 Å². The summed E-state index contributed by atoms with van der Waals surface area (Å²) in [6.07, 6.45) is 0.164. The molecule has 2 rings (SSSR count). The second kappa shape index (κ2) is 6.49. The van der Waals surface area contributed by atoms with Crippen molar-refractivity contribution < 1.29 is 23.8 Å². The molecule has 3 atom stereocenters. The Balaban J connectivity index is 2.10. The highest BCUT2D eigenvalue weighted by Crippen LogP contribution is 2.26. The molecule has 0 radical (unpaired) electrons. The fourth-order valence-electron chi connectivity index (χ4n) is 2.76. The number of aliphatic hydroxyl groups excluding tert-OH is 1. The van der Waals surface area contributed by atoms with Crippen molar-refractivity contribution in [2.45, 2.75) is 31.9 Å². The number of likely N-dealkylation sites (tertiary alicyclic amines) is 1. The molecule has 0 aromatic heterocycles. The lowest BCUT2D eigenvalue weighted by Gasteiger charge is -2.37. The van der Waals surface area contributed by atoms with Gasteiger partial charge < -0.3 is 10.2 Å². The second-order valence-electron chi connectivity index (χ2n) is 5.66. The van der Waals surface area contributed by atoms with Crippen LogP contribution in [0.2, 0.25) is 0 Å². The van der Waals surface area contributed by atoms with Gasteiger partial charge in [0.1, 0.15) is 17.7 Å². The van der Waals surface area contributed by atoms with Crippen LogP contribution in [0, 0.1) is 17.6 Å². The summed E-state index contributed by atoms with van der Waals surface area (Å²) in [7, 11) is 0. The third-order valence-corrected chi connectivity index (χ3v) is 3.99. The number of β-amino-alcohol motifs (C(OH)–C–C–N with tert-alkyl or cyclic N) is 1. The highest BCUT2D eigenvalue weighted by atomic mass is 19.1. The Hall–Kier alpha value is -1.53. The van der Waals surface area contributed by atoms with Gasteiger partial charge in [0.2, 0.25) is 0 Å². The number of aliphatic hydroxyl groups is 1. The van der Waals surface area contributed by atoms with Crippen LogP contribution in [-0.2, 0) is 4.79 Å². The Morgan fingerprint density at radius 1 is 1.48 bits per heavy atom. The van der Waals surface area contributed by atoms with Gasteiger partial charge in [0.05, 0.1) is 6.10 Å². The fraction of sp³-hybridized carbons (Fsp3) is 0.533. The second-order valence-corrected chi connectivity index (χ2v) is 5.66. The number of aliphatic carboxylic acids is 1. The van der Waals surface area contributed by atoms with Gasteiger partial charge in [0, 0.05) is 18.2 Å². The van der Waals surface area contributed by atoms with E-state index < -0.39 is 29.7 Å². The van der Waals surface area contributed by atoms with E-state index in [0.717, 1.165) is 12.5 Å². The van der Waals surface area contributed by atoms with Crippen LogP contribution in [0.5, 0.6) is 0 Å². The van der Waals surface area contributed by atoms with E-state index >= 15 is 0 Å². The molecular weight excluding hydrogens is 280 g/mol. The molecule has 0 aliphatic carbocycles. The van der Waals surface area contributed by atoms with Crippen molar-refractivity contribution in [3.63, 3.8) is 0 Å². The molecule has 116 valence electrons. The van der Waals surface area contributed by atoms with Crippen LogP contribution in [-0.4, -0.2) is 40.2 Å². The van der Waals surface area contributed by atoms with Gasteiger partial charge in [-0.05, 0) is 31.4 Å². The van der Waals surface area contributed by atoms with Crippen LogP contribution in [0.25, 0.3) is 0 Å². The molecule has 1 aromatic carbocycles. The average molecular weight is 299 g/mol. The van der Waals surface area contributed by atoms with Crippen LogP contribution < -0.4 is 0 Å². The topological polar surface area (TPSA) is 60.8 Å².